The van der Waals surface area contributed by atoms with Gasteiger partial charge in [-0.1, -0.05) is 29.3 Å². The van der Waals surface area contributed by atoms with Crippen LogP contribution in [0.25, 0.3) is 11.5 Å². The lowest BCUT2D eigenvalue weighted by Crippen LogP contribution is -2.25. The minimum atomic E-state index is -0.746. The minimum Gasteiger partial charge on any atom is -0.478 e. The molecule has 1 heterocycles. The number of hydrogen-bond acceptors (Lipinski definition) is 4. The van der Waals surface area contributed by atoms with Gasteiger partial charge >= 0.3 is 0 Å². The van der Waals surface area contributed by atoms with Gasteiger partial charge in [0.15, 0.2) is 5.60 Å². The lowest BCUT2D eigenvalue weighted by atomic mass is 10.1. The molecule has 0 fully saturated rings. The smallest absolute Gasteiger partial charge is 0.259 e. The number of rotatable bonds is 4. The topological polar surface area (TPSA) is 48.2 Å². The summed E-state index contributed by atoms with van der Waals surface area (Å²) in [5.74, 6) is 1.59. The average molecular weight is 329 g/mol. The van der Waals surface area contributed by atoms with E-state index >= 15 is 0 Å². The molecular formula is C18H17ClN2O2. The highest BCUT2D eigenvalue weighted by molar-refractivity contribution is 6.30. The SMILES string of the molecule is Cc1ccc(-c2nnc(C(C)(C)Oc3ccc(Cl)cc3)o2)cc1. The number of aromatic nitrogens is 2. The van der Waals surface area contributed by atoms with Crippen LogP contribution in [0.15, 0.2) is 52.9 Å². The minimum absolute atomic E-state index is 0.419. The molecule has 0 N–H and O–H groups in total. The van der Waals surface area contributed by atoms with Crippen molar-refractivity contribution in [2.45, 2.75) is 26.4 Å². The van der Waals surface area contributed by atoms with Gasteiger partial charge in [-0.15, -0.1) is 10.2 Å². The van der Waals surface area contributed by atoms with Gasteiger partial charge in [0.05, 0.1) is 0 Å². The molecule has 0 saturated carbocycles. The molecule has 0 saturated heterocycles. The van der Waals surface area contributed by atoms with Gasteiger partial charge in [-0.05, 0) is 57.2 Å². The van der Waals surface area contributed by atoms with E-state index in [0.717, 1.165) is 5.56 Å². The highest BCUT2D eigenvalue weighted by Gasteiger charge is 2.30. The molecule has 0 aliphatic carbocycles. The second-order valence-electron chi connectivity index (χ2n) is 5.84. The predicted octanol–water partition coefficient (Wildman–Crippen LogP) is 5.01. The zero-order valence-electron chi connectivity index (χ0n) is 13.2. The van der Waals surface area contributed by atoms with Crippen LogP contribution in [0.4, 0.5) is 0 Å². The molecular weight excluding hydrogens is 312 g/mol. The summed E-state index contributed by atoms with van der Waals surface area (Å²) in [7, 11) is 0. The van der Waals surface area contributed by atoms with Gasteiger partial charge in [0, 0.05) is 10.6 Å². The van der Waals surface area contributed by atoms with E-state index in [0.29, 0.717) is 22.6 Å². The molecule has 1 aromatic heterocycles. The molecule has 0 atom stereocenters. The van der Waals surface area contributed by atoms with Gasteiger partial charge in [0.25, 0.3) is 5.89 Å². The Labute approximate surface area is 140 Å². The highest BCUT2D eigenvalue weighted by Crippen LogP contribution is 2.29. The molecule has 0 unspecified atom stereocenters. The van der Waals surface area contributed by atoms with Crippen molar-refractivity contribution in [3.05, 3.63) is 65.0 Å². The zero-order valence-corrected chi connectivity index (χ0v) is 14.0. The highest BCUT2D eigenvalue weighted by atomic mass is 35.5. The number of nitrogens with zero attached hydrogens (tertiary/aromatic N) is 2. The Kier molecular flexibility index (Phi) is 4.09. The Morgan fingerprint density at radius 2 is 1.61 bits per heavy atom. The standard InChI is InChI=1S/C18H17ClN2O2/c1-12-4-6-13(7-5-12)16-20-21-17(22-16)18(2,3)23-15-10-8-14(19)9-11-15/h4-11H,1-3H3. The molecule has 118 valence electrons. The predicted molar refractivity (Wildman–Crippen MR) is 89.6 cm³/mol. The zero-order chi connectivity index (χ0) is 16.4. The Balaban J connectivity index is 1.83. The number of hydrogen-bond donors (Lipinski definition) is 0. The number of halogens is 1. The van der Waals surface area contributed by atoms with E-state index in [1.807, 2.05) is 45.0 Å². The van der Waals surface area contributed by atoms with E-state index in [4.69, 9.17) is 20.8 Å². The number of ether oxygens (including phenoxy) is 1. The summed E-state index contributed by atoms with van der Waals surface area (Å²) in [6.45, 7) is 5.80. The largest absolute Gasteiger partial charge is 0.478 e. The summed E-state index contributed by atoms with van der Waals surface area (Å²) >= 11 is 5.89. The van der Waals surface area contributed by atoms with Crippen molar-refractivity contribution in [2.75, 3.05) is 0 Å². The first-order valence-corrected chi connectivity index (χ1v) is 7.67. The summed E-state index contributed by atoms with van der Waals surface area (Å²) in [6, 6.07) is 15.1. The maximum absolute atomic E-state index is 5.96. The van der Waals surface area contributed by atoms with Crippen LogP contribution in [0.5, 0.6) is 5.75 Å². The summed E-state index contributed by atoms with van der Waals surface area (Å²) in [5, 5.41) is 8.91. The van der Waals surface area contributed by atoms with Crippen LogP contribution in [0.2, 0.25) is 5.02 Å². The fraction of sp³-hybridized carbons (Fsp3) is 0.222. The quantitative estimate of drug-likeness (QED) is 0.675. The van der Waals surface area contributed by atoms with Crippen molar-refractivity contribution in [1.29, 1.82) is 0 Å². The van der Waals surface area contributed by atoms with E-state index in [2.05, 4.69) is 10.2 Å². The third kappa shape index (κ3) is 3.54. The molecule has 2 aromatic carbocycles. The normalized spacial score (nSPS) is 11.5. The Bertz CT molecular complexity index is 793. The maximum Gasteiger partial charge on any atom is 0.259 e. The Morgan fingerprint density at radius 1 is 0.957 bits per heavy atom. The monoisotopic (exact) mass is 328 g/mol. The lowest BCUT2D eigenvalue weighted by Gasteiger charge is -2.22. The van der Waals surface area contributed by atoms with Crippen molar-refractivity contribution in [1.82, 2.24) is 10.2 Å². The third-order valence-electron chi connectivity index (χ3n) is 3.43. The Morgan fingerprint density at radius 3 is 2.26 bits per heavy atom. The van der Waals surface area contributed by atoms with Crippen LogP contribution in [0.3, 0.4) is 0 Å². The van der Waals surface area contributed by atoms with E-state index in [9.17, 15) is 0 Å². The molecule has 0 bridgehead atoms. The number of benzene rings is 2. The fourth-order valence-corrected chi connectivity index (χ4v) is 2.25. The summed E-state index contributed by atoms with van der Waals surface area (Å²) < 4.78 is 11.8. The van der Waals surface area contributed by atoms with Crippen LogP contribution in [-0.4, -0.2) is 10.2 Å². The van der Waals surface area contributed by atoms with Crippen molar-refractivity contribution in [2.24, 2.45) is 0 Å². The molecule has 4 nitrogen and oxygen atoms in total. The van der Waals surface area contributed by atoms with Gasteiger partial charge < -0.3 is 9.15 Å². The number of aryl methyl sites for hydroxylation is 1. The van der Waals surface area contributed by atoms with Crippen LogP contribution >= 0.6 is 11.6 Å². The fourth-order valence-electron chi connectivity index (χ4n) is 2.12. The average Bonchev–Trinajstić information content (AvgIpc) is 3.01. The van der Waals surface area contributed by atoms with E-state index in [1.165, 1.54) is 5.56 Å². The maximum atomic E-state index is 5.96. The molecule has 0 radical (unpaired) electrons. The van der Waals surface area contributed by atoms with Gasteiger partial charge in [-0.2, -0.15) is 0 Å². The van der Waals surface area contributed by atoms with Crippen LogP contribution < -0.4 is 4.74 Å². The molecule has 3 rings (SSSR count). The van der Waals surface area contributed by atoms with Crippen LogP contribution in [0, 0.1) is 6.92 Å². The first-order valence-electron chi connectivity index (χ1n) is 7.30. The molecule has 0 aliphatic heterocycles. The van der Waals surface area contributed by atoms with E-state index in [-0.39, 0.29) is 0 Å². The second kappa shape index (κ2) is 6.05. The van der Waals surface area contributed by atoms with Crippen LogP contribution in [-0.2, 0) is 5.60 Å². The third-order valence-corrected chi connectivity index (χ3v) is 3.68. The molecule has 0 amide bonds. The second-order valence-corrected chi connectivity index (χ2v) is 6.28. The van der Waals surface area contributed by atoms with Crippen molar-refractivity contribution in [3.63, 3.8) is 0 Å². The molecule has 0 spiro atoms. The van der Waals surface area contributed by atoms with E-state index in [1.54, 1.807) is 24.3 Å². The molecule has 3 aromatic rings. The van der Waals surface area contributed by atoms with Crippen LogP contribution in [0.1, 0.15) is 25.3 Å². The van der Waals surface area contributed by atoms with Gasteiger partial charge in [-0.25, -0.2) is 0 Å². The van der Waals surface area contributed by atoms with E-state index < -0.39 is 5.60 Å². The summed E-state index contributed by atoms with van der Waals surface area (Å²) in [5.41, 5.74) is 1.32. The van der Waals surface area contributed by atoms with Crippen molar-refractivity contribution in [3.8, 4) is 17.2 Å². The van der Waals surface area contributed by atoms with Crippen molar-refractivity contribution < 1.29 is 9.15 Å². The first-order chi connectivity index (χ1) is 10.9. The Hall–Kier alpha value is -2.33. The van der Waals surface area contributed by atoms with Gasteiger partial charge in [0.2, 0.25) is 5.89 Å². The van der Waals surface area contributed by atoms with Gasteiger partial charge in [0.1, 0.15) is 5.75 Å². The van der Waals surface area contributed by atoms with Crippen molar-refractivity contribution >= 4 is 11.6 Å². The van der Waals surface area contributed by atoms with Gasteiger partial charge in [-0.3, -0.25) is 0 Å². The summed E-state index contributed by atoms with van der Waals surface area (Å²) in [6.07, 6.45) is 0. The summed E-state index contributed by atoms with van der Waals surface area (Å²) in [4.78, 5) is 0. The molecule has 5 heteroatoms. The lowest BCUT2D eigenvalue weighted by molar-refractivity contribution is 0.0770. The molecule has 23 heavy (non-hydrogen) atoms. The molecule has 0 aliphatic rings. The first kappa shape index (κ1) is 15.6.